The molecule has 6 nitrogen and oxygen atoms in total. The molecule has 2 rings (SSSR count). The number of hydrogen-bond donors (Lipinski definition) is 1. The molecular formula is C17H24N4O2. The van der Waals surface area contributed by atoms with Gasteiger partial charge in [-0.15, -0.1) is 0 Å². The summed E-state index contributed by atoms with van der Waals surface area (Å²) >= 11 is 0. The molecule has 1 heterocycles. The van der Waals surface area contributed by atoms with Gasteiger partial charge in [-0.1, -0.05) is 24.2 Å². The monoisotopic (exact) mass is 316 g/mol. The third-order valence-corrected chi connectivity index (χ3v) is 3.57. The van der Waals surface area contributed by atoms with Crippen molar-refractivity contribution in [3.63, 3.8) is 0 Å². The predicted molar refractivity (Wildman–Crippen MR) is 91.6 cm³/mol. The molecule has 124 valence electrons. The summed E-state index contributed by atoms with van der Waals surface area (Å²) < 4.78 is 4.94. The van der Waals surface area contributed by atoms with E-state index in [-0.39, 0.29) is 5.91 Å². The summed E-state index contributed by atoms with van der Waals surface area (Å²) in [5.41, 5.74) is 2.35. The Morgan fingerprint density at radius 3 is 2.48 bits per heavy atom. The number of nitrogens with zero attached hydrogens (tertiary/aromatic N) is 3. The summed E-state index contributed by atoms with van der Waals surface area (Å²) in [5, 5.41) is 6.51. The van der Waals surface area contributed by atoms with Gasteiger partial charge < -0.3 is 14.7 Å². The molecule has 1 amide bonds. The topological polar surface area (TPSA) is 61.6 Å². The largest absolute Gasteiger partial charge is 0.378 e. The molecule has 1 aromatic carbocycles. The minimum Gasteiger partial charge on any atom is -0.378 e. The number of rotatable bonds is 7. The van der Waals surface area contributed by atoms with Gasteiger partial charge in [-0.25, -0.2) is 0 Å². The fourth-order valence-electron chi connectivity index (χ4n) is 2.25. The molecule has 0 saturated heterocycles. The van der Waals surface area contributed by atoms with Crippen LogP contribution in [0.1, 0.15) is 18.2 Å². The van der Waals surface area contributed by atoms with Crippen molar-refractivity contribution in [2.75, 3.05) is 37.4 Å². The summed E-state index contributed by atoms with van der Waals surface area (Å²) in [6.45, 7) is 5.67. The Kier molecular flexibility index (Phi) is 5.76. The summed E-state index contributed by atoms with van der Waals surface area (Å²) in [4.78, 5) is 16.2. The van der Waals surface area contributed by atoms with Crippen LogP contribution in [0, 0.1) is 6.92 Å². The van der Waals surface area contributed by atoms with Gasteiger partial charge in [0.1, 0.15) is 5.76 Å². The molecule has 1 N–H and O–H groups in total. The smallest absolute Gasteiger partial charge is 0.239 e. The predicted octanol–water partition coefficient (Wildman–Crippen LogP) is 2.51. The molecule has 0 atom stereocenters. The lowest BCUT2D eigenvalue weighted by atomic mass is 10.2. The number of hydrogen-bond acceptors (Lipinski definition) is 5. The van der Waals surface area contributed by atoms with Crippen molar-refractivity contribution in [3.05, 3.63) is 41.7 Å². The number of benzene rings is 1. The van der Waals surface area contributed by atoms with Crippen LogP contribution < -0.4 is 10.2 Å². The van der Waals surface area contributed by atoms with E-state index < -0.39 is 0 Å². The fourth-order valence-corrected chi connectivity index (χ4v) is 2.25. The third kappa shape index (κ3) is 5.10. The highest BCUT2D eigenvalue weighted by molar-refractivity contribution is 5.91. The maximum Gasteiger partial charge on any atom is 0.239 e. The van der Waals surface area contributed by atoms with Gasteiger partial charge in [-0.05, 0) is 31.2 Å². The first kappa shape index (κ1) is 17.0. The van der Waals surface area contributed by atoms with Crippen LogP contribution in [0.2, 0.25) is 0 Å². The molecule has 0 radical (unpaired) electrons. The Morgan fingerprint density at radius 1 is 1.26 bits per heavy atom. The first-order chi connectivity index (χ1) is 11.0. The number of aromatic nitrogens is 1. The van der Waals surface area contributed by atoms with E-state index in [1.54, 1.807) is 13.0 Å². The molecule has 0 aliphatic rings. The minimum absolute atomic E-state index is 0.0925. The highest BCUT2D eigenvalue weighted by Crippen LogP contribution is 2.14. The van der Waals surface area contributed by atoms with E-state index in [4.69, 9.17) is 4.52 Å². The van der Waals surface area contributed by atoms with Crippen LogP contribution in [0.5, 0.6) is 0 Å². The van der Waals surface area contributed by atoms with Crippen LogP contribution in [-0.4, -0.2) is 43.1 Å². The van der Waals surface area contributed by atoms with Crippen molar-refractivity contribution in [2.45, 2.75) is 20.4 Å². The van der Waals surface area contributed by atoms with Crippen molar-refractivity contribution in [2.24, 2.45) is 0 Å². The number of likely N-dealkylation sites (N-methyl/N-ethyl adjacent to an activating group) is 1. The minimum atomic E-state index is -0.0925. The van der Waals surface area contributed by atoms with E-state index in [0.29, 0.717) is 18.1 Å². The lowest BCUT2D eigenvalue weighted by Crippen LogP contribution is -2.32. The number of nitrogens with one attached hydrogen (secondary N) is 1. The number of aryl methyl sites for hydroxylation is 1. The van der Waals surface area contributed by atoms with E-state index in [2.05, 4.69) is 44.5 Å². The summed E-state index contributed by atoms with van der Waals surface area (Å²) in [7, 11) is 4.03. The van der Waals surface area contributed by atoms with Crippen LogP contribution >= 0.6 is 0 Å². The van der Waals surface area contributed by atoms with Crippen molar-refractivity contribution in [3.8, 4) is 0 Å². The van der Waals surface area contributed by atoms with Crippen molar-refractivity contribution < 1.29 is 9.32 Å². The number of amides is 1. The van der Waals surface area contributed by atoms with E-state index >= 15 is 0 Å². The highest BCUT2D eigenvalue weighted by atomic mass is 16.5. The van der Waals surface area contributed by atoms with Gasteiger partial charge in [0.15, 0.2) is 5.82 Å². The van der Waals surface area contributed by atoms with E-state index in [1.165, 1.54) is 5.56 Å². The van der Waals surface area contributed by atoms with Crippen LogP contribution in [0.15, 0.2) is 34.9 Å². The van der Waals surface area contributed by atoms with E-state index in [9.17, 15) is 4.79 Å². The van der Waals surface area contributed by atoms with E-state index in [0.717, 1.165) is 18.8 Å². The average molecular weight is 316 g/mol. The number of carbonyl (C=O) groups excluding carboxylic acids is 1. The van der Waals surface area contributed by atoms with Gasteiger partial charge in [0.2, 0.25) is 5.91 Å². The molecule has 0 aliphatic carbocycles. The maximum absolute atomic E-state index is 12.1. The standard InChI is InChI=1S/C17H24N4O2/c1-5-21(11-14-6-8-15(9-7-14)20(3)4)12-17(22)18-16-10-13(2)23-19-16/h6-10H,5,11-12H2,1-4H3,(H,18,19,22). The number of carbonyl (C=O) groups is 1. The maximum atomic E-state index is 12.1. The lowest BCUT2D eigenvalue weighted by molar-refractivity contribution is -0.117. The highest BCUT2D eigenvalue weighted by Gasteiger charge is 2.12. The second kappa shape index (κ2) is 7.78. The quantitative estimate of drug-likeness (QED) is 0.850. The molecule has 0 aliphatic heterocycles. The van der Waals surface area contributed by atoms with Gasteiger partial charge >= 0.3 is 0 Å². The van der Waals surface area contributed by atoms with Crippen LogP contribution in [0.3, 0.4) is 0 Å². The summed E-state index contributed by atoms with van der Waals surface area (Å²) in [6.07, 6.45) is 0. The zero-order valence-corrected chi connectivity index (χ0v) is 14.2. The SMILES string of the molecule is CCN(CC(=O)Nc1cc(C)on1)Cc1ccc(N(C)C)cc1. The van der Waals surface area contributed by atoms with Crippen molar-refractivity contribution in [1.82, 2.24) is 10.1 Å². The van der Waals surface area contributed by atoms with Crippen LogP contribution in [-0.2, 0) is 11.3 Å². The Morgan fingerprint density at radius 2 is 1.96 bits per heavy atom. The Balaban J connectivity index is 1.90. The molecule has 1 aromatic heterocycles. The van der Waals surface area contributed by atoms with Gasteiger partial charge in [0, 0.05) is 32.4 Å². The molecular weight excluding hydrogens is 292 g/mol. The van der Waals surface area contributed by atoms with Crippen molar-refractivity contribution >= 4 is 17.4 Å². The first-order valence-corrected chi connectivity index (χ1v) is 7.69. The zero-order valence-electron chi connectivity index (χ0n) is 14.2. The summed E-state index contributed by atoms with van der Waals surface area (Å²) in [5.74, 6) is 1.04. The van der Waals surface area contributed by atoms with Crippen molar-refractivity contribution in [1.29, 1.82) is 0 Å². The Labute approximate surface area is 137 Å². The van der Waals surface area contributed by atoms with Gasteiger partial charge in [0.25, 0.3) is 0 Å². The zero-order chi connectivity index (χ0) is 16.8. The molecule has 0 fully saturated rings. The average Bonchev–Trinajstić information content (AvgIpc) is 2.92. The third-order valence-electron chi connectivity index (χ3n) is 3.57. The van der Waals surface area contributed by atoms with Gasteiger partial charge in [0.05, 0.1) is 6.54 Å². The second-order valence-electron chi connectivity index (χ2n) is 5.74. The van der Waals surface area contributed by atoms with Crippen LogP contribution in [0.4, 0.5) is 11.5 Å². The van der Waals surface area contributed by atoms with Gasteiger partial charge in [-0.2, -0.15) is 0 Å². The summed E-state index contributed by atoms with van der Waals surface area (Å²) in [6, 6.07) is 10.1. The lowest BCUT2D eigenvalue weighted by Gasteiger charge is -2.20. The van der Waals surface area contributed by atoms with Gasteiger partial charge in [-0.3, -0.25) is 9.69 Å². The molecule has 0 unspecified atom stereocenters. The number of anilines is 2. The molecule has 0 saturated carbocycles. The molecule has 23 heavy (non-hydrogen) atoms. The Bertz CT molecular complexity index is 634. The molecule has 2 aromatic rings. The van der Waals surface area contributed by atoms with Crippen LogP contribution in [0.25, 0.3) is 0 Å². The Hall–Kier alpha value is -2.34. The normalized spacial score (nSPS) is 10.8. The molecule has 6 heteroatoms. The molecule has 0 bridgehead atoms. The molecule has 0 spiro atoms. The fraction of sp³-hybridized carbons (Fsp3) is 0.412. The second-order valence-corrected chi connectivity index (χ2v) is 5.74. The first-order valence-electron chi connectivity index (χ1n) is 7.69. The van der Waals surface area contributed by atoms with E-state index in [1.807, 2.05) is 21.0 Å².